The van der Waals surface area contributed by atoms with Crippen molar-refractivity contribution < 1.29 is 19.1 Å². The highest BCUT2D eigenvalue weighted by atomic mass is 35.5. The van der Waals surface area contributed by atoms with E-state index in [2.05, 4.69) is 24.9 Å². The van der Waals surface area contributed by atoms with Gasteiger partial charge in [-0.3, -0.25) is 24.4 Å². The molecule has 0 saturated carbocycles. The summed E-state index contributed by atoms with van der Waals surface area (Å²) in [6, 6.07) is 14.5. The SMILES string of the molecule is COC(=O)Cc1cncc(N2CCc3cc(Cl)ccc3C2=O)c1.Cn1cnnc1Cc1cncc(N2CCc3cc(Cl)ccc3C2=O)c1. The zero-order valence-corrected chi connectivity index (χ0v) is 27.8. The molecule has 0 unspecified atom stereocenters. The minimum atomic E-state index is -0.339. The highest BCUT2D eigenvalue weighted by Crippen LogP contribution is 2.28. The van der Waals surface area contributed by atoms with Crippen LogP contribution in [0.5, 0.6) is 0 Å². The molecule has 2 amide bonds. The van der Waals surface area contributed by atoms with E-state index in [0.29, 0.717) is 51.9 Å². The van der Waals surface area contributed by atoms with Gasteiger partial charge in [0.1, 0.15) is 12.2 Å². The Morgan fingerprint density at radius 1 is 0.792 bits per heavy atom. The van der Waals surface area contributed by atoms with E-state index >= 15 is 0 Å². The molecule has 0 radical (unpaired) electrons. The number of pyridine rings is 2. The number of carbonyl (C=O) groups excluding carboxylic acids is 3. The number of amides is 2. The van der Waals surface area contributed by atoms with Crippen LogP contribution >= 0.6 is 23.2 Å². The number of aromatic nitrogens is 5. The molecule has 0 spiro atoms. The van der Waals surface area contributed by atoms with Gasteiger partial charge in [0.05, 0.1) is 37.3 Å². The monoisotopic (exact) mass is 683 g/mol. The van der Waals surface area contributed by atoms with Crippen LogP contribution in [0.25, 0.3) is 0 Å². The predicted octanol–water partition coefficient (Wildman–Crippen LogP) is 5.31. The predicted molar refractivity (Wildman–Crippen MR) is 182 cm³/mol. The van der Waals surface area contributed by atoms with Crippen molar-refractivity contribution in [2.45, 2.75) is 25.7 Å². The summed E-state index contributed by atoms with van der Waals surface area (Å²) < 4.78 is 6.53. The van der Waals surface area contributed by atoms with Gasteiger partial charge in [-0.15, -0.1) is 10.2 Å². The van der Waals surface area contributed by atoms with Crippen molar-refractivity contribution in [3.05, 3.63) is 129 Å². The first-order valence-corrected chi connectivity index (χ1v) is 15.9. The van der Waals surface area contributed by atoms with E-state index in [0.717, 1.165) is 41.0 Å². The van der Waals surface area contributed by atoms with Gasteiger partial charge in [0, 0.05) is 60.1 Å². The molecule has 0 atom stereocenters. The lowest BCUT2D eigenvalue weighted by atomic mass is 9.98. The zero-order chi connectivity index (χ0) is 33.8. The topological polar surface area (TPSA) is 123 Å². The molecular formula is C35H31Cl2N7O4. The average Bonchev–Trinajstić information content (AvgIpc) is 3.49. The third kappa shape index (κ3) is 7.22. The van der Waals surface area contributed by atoms with E-state index in [4.69, 9.17) is 23.2 Å². The van der Waals surface area contributed by atoms with E-state index in [9.17, 15) is 14.4 Å². The van der Waals surface area contributed by atoms with Crippen LogP contribution in [0.2, 0.25) is 10.0 Å². The van der Waals surface area contributed by atoms with E-state index < -0.39 is 0 Å². The van der Waals surface area contributed by atoms with Crippen LogP contribution in [0, 0.1) is 0 Å². The standard InChI is InChI=1S/C18H16ClN5O.C17H15ClN2O3/c1-23-11-21-22-17(23)7-12-6-15(10-20-9-12)24-5-4-13-8-14(19)2-3-16(13)18(24)25;1-23-16(21)7-11-6-14(10-19-9-11)20-5-4-12-8-13(18)2-3-15(12)17(20)22/h2-3,6,8-11H,4-5,7H2,1H3;2-3,6,8-10H,4-5,7H2,1H3. The number of methoxy groups -OCH3 is 1. The molecule has 2 aliphatic heterocycles. The maximum Gasteiger partial charge on any atom is 0.310 e. The molecule has 0 N–H and O–H groups in total. The number of aryl methyl sites for hydroxylation is 1. The molecule has 0 bridgehead atoms. The number of fused-ring (bicyclic) bond motifs is 2. The summed E-state index contributed by atoms with van der Waals surface area (Å²) in [5, 5.41) is 9.28. The van der Waals surface area contributed by atoms with Gasteiger partial charge in [0.2, 0.25) is 0 Å². The van der Waals surface area contributed by atoms with Crippen molar-refractivity contribution in [1.29, 1.82) is 0 Å². The van der Waals surface area contributed by atoms with Crippen LogP contribution in [0.1, 0.15) is 48.8 Å². The fourth-order valence-electron chi connectivity index (χ4n) is 5.73. The molecule has 0 saturated heterocycles. The molecule has 0 aliphatic carbocycles. The van der Waals surface area contributed by atoms with Crippen LogP contribution in [-0.4, -0.2) is 62.7 Å². The van der Waals surface area contributed by atoms with E-state index in [1.165, 1.54) is 7.11 Å². The maximum absolute atomic E-state index is 12.8. The molecule has 7 rings (SSSR count). The lowest BCUT2D eigenvalue weighted by Crippen LogP contribution is -2.37. The average molecular weight is 685 g/mol. The third-order valence-corrected chi connectivity index (χ3v) is 8.69. The molecule has 2 aliphatic rings. The molecule has 244 valence electrons. The Hall–Kier alpha value is -5.13. The quantitative estimate of drug-likeness (QED) is 0.221. The minimum Gasteiger partial charge on any atom is -0.469 e. The van der Waals surface area contributed by atoms with E-state index in [1.54, 1.807) is 71.2 Å². The Bertz CT molecular complexity index is 2010. The maximum atomic E-state index is 12.8. The number of benzene rings is 2. The Morgan fingerprint density at radius 3 is 1.85 bits per heavy atom. The molecular weight excluding hydrogens is 653 g/mol. The number of hydrogen-bond acceptors (Lipinski definition) is 8. The number of ether oxygens (including phenoxy) is 1. The van der Waals surface area contributed by atoms with Crippen LogP contribution in [0.15, 0.2) is 79.6 Å². The van der Waals surface area contributed by atoms with Crippen LogP contribution in [0.3, 0.4) is 0 Å². The summed E-state index contributed by atoms with van der Waals surface area (Å²) in [6.45, 7) is 1.16. The Kier molecular flexibility index (Phi) is 9.79. The first-order valence-electron chi connectivity index (χ1n) is 15.2. The van der Waals surface area contributed by atoms with Crippen molar-refractivity contribution in [3.63, 3.8) is 0 Å². The molecule has 5 aromatic rings. The van der Waals surface area contributed by atoms with Gasteiger partial charge >= 0.3 is 5.97 Å². The van der Waals surface area contributed by atoms with Gasteiger partial charge < -0.3 is 19.1 Å². The van der Waals surface area contributed by atoms with E-state index in [-0.39, 0.29) is 24.2 Å². The molecule has 5 heterocycles. The summed E-state index contributed by atoms with van der Waals surface area (Å²) in [5.74, 6) is 0.410. The number of halogens is 2. The van der Waals surface area contributed by atoms with Crippen molar-refractivity contribution in [2.24, 2.45) is 7.05 Å². The normalized spacial score (nSPS) is 13.8. The van der Waals surface area contributed by atoms with Crippen molar-refractivity contribution in [1.82, 2.24) is 24.7 Å². The van der Waals surface area contributed by atoms with Gasteiger partial charge in [0.15, 0.2) is 0 Å². The first kappa shape index (κ1) is 32.8. The number of anilines is 2. The smallest absolute Gasteiger partial charge is 0.310 e. The lowest BCUT2D eigenvalue weighted by molar-refractivity contribution is -0.139. The van der Waals surface area contributed by atoms with Crippen LogP contribution in [-0.2, 0) is 42.3 Å². The fraction of sp³-hybridized carbons (Fsp3) is 0.229. The molecule has 11 nitrogen and oxygen atoms in total. The highest BCUT2D eigenvalue weighted by molar-refractivity contribution is 6.31. The second-order valence-corrected chi connectivity index (χ2v) is 12.3. The summed E-state index contributed by atoms with van der Waals surface area (Å²) >= 11 is 12.0. The van der Waals surface area contributed by atoms with Crippen molar-refractivity contribution in [3.8, 4) is 0 Å². The Morgan fingerprint density at radius 2 is 1.33 bits per heavy atom. The number of rotatable bonds is 6. The molecule has 13 heteroatoms. The molecule has 0 fully saturated rings. The fourth-order valence-corrected chi connectivity index (χ4v) is 6.12. The second-order valence-electron chi connectivity index (χ2n) is 11.4. The summed E-state index contributed by atoms with van der Waals surface area (Å²) in [4.78, 5) is 48.8. The summed E-state index contributed by atoms with van der Waals surface area (Å²) in [6.07, 6.45) is 10.7. The van der Waals surface area contributed by atoms with Crippen LogP contribution in [0.4, 0.5) is 11.4 Å². The Balaban J connectivity index is 0.000000168. The van der Waals surface area contributed by atoms with E-state index in [1.807, 2.05) is 29.8 Å². The van der Waals surface area contributed by atoms with Crippen molar-refractivity contribution >= 4 is 52.4 Å². The number of nitrogens with zero attached hydrogens (tertiary/aromatic N) is 7. The minimum absolute atomic E-state index is 0.0180. The number of carbonyl (C=O) groups is 3. The first-order chi connectivity index (χ1) is 23.2. The largest absolute Gasteiger partial charge is 0.469 e. The zero-order valence-electron chi connectivity index (χ0n) is 26.3. The highest BCUT2D eigenvalue weighted by Gasteiger charge is 2.27. The van der Waals surface area contributed by atoms with Gasteiger partial charge in [-0.25, -0.2) is 0 Å². The third-order valence-electron chi connectivity index (χ3n) is 8.22. The van der Waals surface area contributed by atoms with Gasteiger partial charge in [-0.05, 0) is 83.6 Å². The number of esters is 1. The number of hydrogen-bond donors (Lipinski definition) is 0. The molecule has 48 heavy (non-hydrogen) atoms. The van der Waals surface area contributed by atoms with Gasteiger partial charge in [-0.2, -0.15) is 0 Å². The van der Waals surface area contributed by atoms with Crippen molar-refractivity contribution in [2.75, 3.05) is 30.0 Å². The summed E-state index contributed by atoms with van der Waals surface area (Å²) in [7, 11) is 3.25. The van der Waals surface area contributed by atoms with Crippen LogP contribution < -0.4 is 9.80 Å². The summed E-state index contributed by atoms with van der Waals surface area (Å²) in [5.41, 5.74) is 6.48. The molecule has 2 aromatic carbocycles. The van der Waals surface area contributed by atoms with Gasteiger partial charge in [0.25, 0.3) is 11.8 Å². The second kappa shape index (κ2) is 14.3. The molecule has 3 aromatic heterocycles. The lowest BCUT2D eigenvalue weighted by Gasteiger charge is -2.28. The Labute approximate surface area is 287 Å². The van der Waals surface area contributed by atoms with Gasteiger partial charge in [-0.1, -0.05) is 23.2 Å².